The van der Waals surface area contributed by atoms with Crippen molar-refractivity contribution in [3.63, 3.8) is 0 Å². The Kier molecular flexibility index (Phi) is 3.84. The van der Waals surface area contributed by atoms with Gasteiger partial charge in [0.15, 0.2) is 5.82 Å². The molecule has 0 bridgehead atoms. The molecule has 21 heavy (non-hydrogen) atoms. The zero-order valence-electron chi connectivity index (χ0n) is 10.8. The fourth-order valence-corrected chi connectivity index (χ4v) is 1.77. The van der Waals surface area contributed by atoms with Crippen LogP contribution in [0.4, 0.5) is 28.9 Å². The SMILES string of the molecule is Cc1ccc(F)c(C(=O)Nc2c(N)cc(F)cc2F)c1F. The van der Waals surface area contributed by atoms with Gasteiger partial charge in [-0.3, -0.25) is 4.79 Å². The van der Waals surface area contributed by atoms with Gasteiger partial charge in [0.2, 0.25) is 0 Å². The molecule has 3 N–H and O–H groups in total. The van der Waals surface area contributed by atoms with E-state index in [0.29, 0.717) is 6.07 Å². The molecule has 0 aliphatic rings. The van der Waals surface area contributed by atoms with Gasteiger partial charge in [-0.05, 0) is 24.6 Å². The number of hydrogen-bond acceptors (Lipinski definition) is 2. The standard InChI is InChI=1S/C14H10F4N2O/c1-6-2-3-8(16)11(12(6)18)14(21)20-13-9(17)4-7(15)5-10(13)19/h2-5H,19H2,1H3,(H,20,21). The number of nitrogens with two attached hydrogens (primary N) is 1. The van der Waals surface area contributed by atoms with Gasteiger partial charge < -0.3 is 11.1 Å². The van der Waals surface area contributed by atoms with Crippen molar-refractivity contribution in [2.24, 2.45) is 0 Å². The lowest BCUT2D eigenvalue weighted by atomic mass is 10.1. The lowest BCUT2D eigenvalue weighted by Gasteiger charge is -2.11. The van der Waals surface area contributed by atoms with Crippen molar-refractivity contribution in [3.8, 4) is 0 Å². The maximum Gasteiger partial charge on any atom is 0.261 e. The first-order valence-electron chi connectivity index (χ1n) is 5.81. The molecule has 0 saturated heterocycles. The van der Waals surface area contributed by atoms with E-state index in [1.54, 1.807) is 0 Å². The number of aryl methyl sites for hydroxylation is 1. The Morgan fingerprint density at radius 2 is 1.76 bits per heavy atom. The van der Waals surface area contributed by atoms with E-state index in [1.165, 1.54) is 6.92 Å². The largest absolute Gasteiger partial charge is 0.397 e. The lowest BCUT2D eigenvalue weighted by Crippen LogP contribution is -2.18. The van der Waals surface area contributed by atoms with E-state index in [-0.39, 0.29) is 5.56 Å². The fourth-order valence-electron chi connectivity index (χ4n) is 1.77. The minimum Gasteiger partial charge on any atom is -0.397 e. The van der Waals surface area contributed by atoms with Crippen LogP contribution < -0.4 is 11.1 Å². The second kappa shape index (κ2) is 5.43. The van der Waals surface area contributed by atoms with Crippen molar-refractivity contribution in [1.29, 1.82) is 0 Å². The van der Waals surface area contributed by atoms with Crippen molar-refractivity contribution in [3.05, 3.63) is 58.7 Å². The zero-order chi connectivity index (χ0) is 15.7. The molecular weight excluding hydrogens is 288 g/mol. The fraction of sp³-hybridized carbons (Fsp3) is 0.0714. The number of amides is 1. The van der Waals surface area contributed by atoms with Gasteiger partial charge >= 0.3 is 0 Å². The molecule has 0 spiro atoms. The Morgan fingerprint density at radius 3 is 2.38 bits per heavy atom. The van der Waals surface area contributed by atoms with Gasteiger partial charge in [-0.1, -0.05) is 6.07 Å². The maximum absolute atomic E-state index is 13.8. The number of anilines is 2. The maximum atomic E-state index is 13.8. The van der Waals surface area contributed by atoms with E-state index in [0.717, 1.165) is 18.2 Å². The van der Waals surface area contributed by atoms with E-state index in [2.05, 4.69) is 0 Å². The average Bonchev–Trinajstić information content (AvgIpc) is 2.38. The third kappa shape index (κ3) is 2.81. The van der Waals surface area contributed by atoms with Crippen LogP contribution in [0.1, 0.15) is 15.9 Å². The summed E-state index contributed by atoms with van der Waals surface area (Å²) in [6.07, 6.45) is 0. The number of nitrogen functional groups attached to an aromatic ring is 1. The van der Waals surface area contributed by atoms with E-state index in [9.17, 15) is 22.4 Å². The number of rotatable bonds is 2. The summed E-state index contributed by atoms with van der Waals surface area (Å²) in [5, 5.41) is 1.95. The molecular formula is C14H10F4N2O. The van der Waals surface area contributed by atoms with Crippen LogP contribution in [-0.4, -0.2) is 5.91 Å². The lowest BCUT2D eigenvalue weighted by molar-refractivity contribution is 0.101. The molecule has 0 radical (unpaired) electrons. The molecule has 0 aliphatic carbocycles. The van der Waals surface area contributed by atoms with Crippen LogP contribution in [0.25, 0.3) is 0 Å². The molecule has 110 valence electrons. The molecule has 2 aromatic rings. The van der Waals surface area contributed by atoms with Crippen LogP contribution in [0.5, 0.6) is 0 Å². The molecule has 0 heterocycles. The van der Waals surface area contributed by atoms with Gasteiger partial charge in [-0.25, -0.2) is 17.6 Å². The Labute approximate surface area is 117 Å². The molecule has 2 aromatic carbocycles. The third-order valence-corrected chi connectivity index (χ3v) is 2.84. The summed E-state index contributed by atoms with van der Waals surface area (Å²) in [5.41, 5.74) is 3.63. The van der Waals surface area contributed by atoms with Gasteiger partial charge in [0.05, 0.1) is 5.69 Å². The summed E-state index contributed by atoms with van der Waals surface area (Å²) in [6.45, 7) is 1.35. The predicted octanol–water partition coefficient (Wildman–Crippen LogP) is 3.39. The number of hydrogen-bond donors (Lipinski definition) is 2. The summed E-state index contributed by atoms with van der Waals surface area (Å²) in [4.78, 5) is 11.9. The molecule has 1 amide bonds. The molecule has 2 rings (SSSR count). The van der Waals surface area contributed by atoms with Crippen LogP contribution >= 0.6 is 0 Å². The number of benzene rings is 2. The van der Waals surface area contributed by atoms with Crippen molar-refractivity contribution >= 4 is 17.3 Å². The van der Waals surface area contributed by atoms with Gasteiger partial charge in [-0.2, -0.15) is 0 Å². The highest BCUT2D eigenvalue weighted by atomic mass is 19.1. The van der Waals surface area contributed by atoms with Crippen molar-refractivity contribution in [2.75, 3.05) is 11.1 Å². The second-order valence-electron chi connectivity index (χ2n) is 4.36. The summed E-state index contributed by atoms with van der Waals surface area (Å²) in [5.74, 6) is -5.46. The van der Waals surface area contributed by atoms with Gasteiger partial charge in [0, 0.05) is 6.07 Å². The number of carbonyl (C=O) groups is 1. The van der Waals surface area contributed by atoms with Crippen molar-refractivity contribution < 1.29 is 22.4 Å². The third-order valence-electron chi connectivity index (χ3n) is 2.84. The highest BCUT2D eigenvalue weighted by molar-refractivity contribution is 6.06. The number of nitrogens with one attached hydrogen (secondary N) is 1. The highest BCUT2D eigenvalue weighted by Crippen LogP contribution is 2.25. The highest BCUT2D eigenvalue weighted by Gasteiger charge is 2.21. The van der Waals surface area contributed by atoms with Gasteiger partial charge in [-0.15, -0.1) is 0 Å². The Morgan fingerprint density at radius 1 is 1.10 bits per heavy atom. The monoisotopic (exact) mass is 298 g/mol. The van der Waals surface area contributed by atoms with Crippen molar-refractivity contribution in [1.82, 2.24) is 0 Å². The van der Waals surface area contributed by atoms with Crippen LogP contribution in [0, 0.1) is 30.2 Å². The summed E-state index contributed by atoms with van der Waals surface area (Å²) >= 11 is 0. The van der Waals surface area contributed by atoms with Gasteiger partial charge in [0.1, 0.15) is 28.7 Å². The van der Waals surface area contributed by atoms with E-state index >= 15 is 0 Å². The molecule has 3 nitrogen and oxygen atoms in total. The smallest absolute Gasteiger partial charge is 0.261 e. The first-order chi connectivity index (χ1) is 9.81. The quantitative estimate of drug-likeness (QED) is 0.659. The van der Waals surface area contributed by atoms with E-state index in [1.807, 2.05) is 5.32 Å². The minimum atomic E-state index is -1.22. The van der Waals surface area contributed by atoms with E-state index < -0.39 is 46.1 Å². The average molecular weight is 298 g/mol. The van der Waals surface area contributed by atoms with E-state index in [4.69, 9.17) is 5.73 Å². The Balaban J connectivity index is 2.42. The second-order valence-corrected chi connectivity index (χ2v) is 4.36. The first kappa shape index (κ1) is 14.8. The first-order valence-corrected chi connectivity index (χ1v) is 5.81. The number of carbonyl (C=O) groups excluding carboxylic acids is 1. The normalized spacial score (nSPS) is 10.5. The minimum absolute atomic E-state index is 0.0501. The van der Waals surface area contributed by atoms with Crippen molar-refractivity contribution in [2.45, 2.75) is 6.92 Å². The summed E-state index contributed by atoms with van der Waals surface area (Å²) < 4.78 is 53.8. The summed E-state index contributed by atoms with van der Waals surface area (Å²) in [7, 11) is 0. The molecule has 0 aromatic heterocycles. The Hall–Kier alpha value is -2.57. The summed E-state index contributed by atoms with van der Waals surface area (Å²) in [6, 6.07) is 3.35. The molecule has 0 aliphatic heterocycles. The van der Waals surface area contributed by atoms with Crippen LogP contribution in [0.15, 0.2) is 24.3 Å². The van der Waals surface area contributed by atoms with Crippen LogP contribution in [0.2, 0.25) is 0 Å². The topological polar surface area (TPSA) is 55.1 Å². The Bertz CT molecular complexity index is 708. The molecule has 7 heteroatoms. The molecule has 0 unspecified atom stereocenters. The zero-order valence-corrected chi connectivity index (χ0v) is 10.8. The molecule has 0 atom stereocenters. The molecule has 0 saturated carbocycles. The molecule has 0 fully saturated rings. The number of halogens is 4. The van der Waals surface area contributed by atoms with Gasteiger partial charge in [0.25, 0.3) is 5.91 Å². The van der Waals surface area contributed by atoms with Crippen LogP contribution in [0.3, 0.4) is 0 Å². The predicted molar refractivity (Wildman–Crippen MR) is 69.8 cm³/mol. The van der Waals surface area contributed by atoms with Crippen LogP contribution in [-0.2, 0) is 0 Å².